The molecule has 248 valence electrons. The molecule has 43 heavy (non-hydrogen) atoms. The van der Waals surface area contributed by atoms with Crippen LogP contribution < -0.4 is 5.73 Å². The van der Waals surface area contributed by atoms with Crippen molar-refractivity contribution in [3.8, 4) is 0 Å². The van der Waals surface area contributed by atoms with Gasteiger partial charge in [-0.05, 0) is 42.3 Å². The molecule has 1 rings (SSSR count). The quantitative estimate of drug-likeness (QED) is 0.0352. The van der Waals surface area contributed by atoms with Crippen molar-refractivity contribution in [2.24, 2.45) is 10.8 Å². The normalized spacial score (nSPS) is 14.2. The minimum Gasteiger partial charge on any atom is -0.394 e. The van der Waals surface area contributed by atoms with Crippen molar-refractivity contribution in [1.29, 1.82) is 0 Å². The third-order valence-corrected chi connectivity index (χ3v) is 7.54. The van der Waals surface area contributed by atoms with Gasteiger partial charge >= 0.3 is 7.82 Å². The smallest absolute Gasteiger partial charge is 0.394 e. The van der Waals surface area contributed by atoms with Crippen molar-refractivity contribution in [3.63, 3.8) is 0 Å². The van der Waals surface area contributed by atoms with Gasteiger partial charge < -0.3 is 34.7 Å². The van der Waals surface area contributed by atoms with Gasteiger partial charge in [0.1, 0.15) is 0 Å². The van der Waals surface area contributed by atoms with E-state index in [1.165, 1.54) is 44.1 Å². The summed E-state index contributed by atoms with van der Waals surface area (Å²) in [5, 5.41) is 13.2. The van der Waals surface area contributed by atoms with Gasteiger partial charge in [0.15, 0.2) is 0 Å². The fourth-order valence-corrected chi connectivity index (χ4v) is 4.74. The van der Waals surface area contributed by atoms with Crippen LogP contribution in [-0.2, 0) is 45.4 Å². The lowest BCUT2D eigenvalue weighted by atomic mass is 9.93. The number of ether oxygens (including phenoxy) is 4. The van der Waals surface area contributed by atoms with Crippen molar-refractivity contribution in [2.75, 3.05) is 79.2 Å². The Morgan fingerprint density at radius 2 is 1.33 bits per heavy atom. The summed E-state index contributed by atoms with van der Waals surface area (Å²) < 4.78 is 43.5. The van der Waals surface area contributed by atoms with Crippen molar-refractivity contribution in [1.82, 2.24) is 0 Å². The summed E-state index contributed by atoms with van der Waals surface area (Å²) in [6, 6.07) is 8.40. The van der Waals surface area contributed by atoms with Crippen LogP contribution >= 0.6 is 7.82 Å². The molecule has 1 aromatic rings. The highest BCUT2D eigenvalue weighted by atomic mass is 31.2. The van der Waals surface area contributed by atoms with E-state index < -0.39 is 20.0 Å². The molecule has 0 heterocycles. The van der Waals surface area contributed by atoms with E-state index in [9.17, 15) is 14.6 Å². The highest BCUT2D eigenvalue weighted by Gasteiger charge is 2.30. The Bertz CT molecular complexity index is 906. The summed E-state index contributed by atoms with van der Waals surface area (Å²) in [6.45, 7) is 4.27. The van der Waals surface area contributed by atoms with E-state index in [1.54, 1.807) is 0 Å². The lowest BCUT2D eigenvalue weighted by Gasteiger charge is -2.27. The lowest BCUT2D eigenvalue weighted by Crippen LogP contribution is -2.48. The first kappa shape index (κ1) is 39.4. The molecule has 0 saturated carbocycles. The molecule has 0 spiro atoms. The zero-order valence-electron chi connectivity index (χ0n) is 25.8. The number of rotatable bonds is 30. The Balaban J connectivity index is 2.12. The highest BCUT2D eigenvalue weighted by molar-refractivity contribution is 7.47. The summed E-state index contributed by atoms with van der Waals surface area (Å²) in [6.07, 6.45) is 9.68. The summed E-state index contributed by atoms with van der Waals surface area (Å²) in [5.74, 6) is 0. The second-order valence-electron chi connectivity index (χ2n) is 10.3. The fourth-order valence-electron chi connectivity index (χ4n) is 3.94. The van der Waals surface area contributed by atoms with Gasteiger partial charge in [0.05, 0.1) is 78.2 Å². The van der Waals surface area contributed by atoms with Gasteiger partial charge in [0.25, 0.3) is 0 Å². The molecule has 1 aromatic carbocycles. The van der Waals surface area contributed by atoms with E-state index in [2.05, 4.69) is 41.2 Å². The maximum Gasteiger partial charge on any atom is 0.472 e. The number of aliphatic hydroxyl groups excluding tert-OH is 1. The second-order valence-corrected chi connectivity index (χ2v) is 11.8. The molecule has 0 amide bonds. The molecule has 0 aliphatic heterocycles. The van der Waals surface area contributed by atoms with Gasteiger partial charge in [-0.2, -0.15) is 0 Å². The van der Waals surface area contributed by atoms with E-state index in [0.717, 1.165) is 12.0 Å². The Morgan fingerprint density at radius 1 is 0.814 bits per heavy atom. The number of aryl methyl sites for hydroxylation is 2. The number of nitrogens with two attached hydrogens (primary N) is 1. The minimum absolute atomic E-state index is 0.0730. The zero-order chi connectivity index (χ0) is 31.5. The number of aliphatic hydroxyl groups is 1. The Morgan fingerprint density at radius 3 is 1.88 bits per heavy atom. The van der Waals surface area contributed by atoms with Crippen LogP contribution in [0.15, 0.2) is 29.4 Å². The zero-order valence-corrected chi connectivity index (χ0v) is 26.7. The molecule has 0 bridgehead atoms. The van der Waals surface area contributed by atoms with E-state index in [4.69, 9.17) is 39.3 Å². The predicted octanol–water partition coefficient (Wildman–Crippen LogP) is 4.72. The third-order valence-electron chi connectivity index (χ3n) is 6.58. The standard InChI is InChI=1S/C29H53N4O9P/c1-2-3-4-5-6-7-8-27-9-11-28(12-10-27)13-14-29(30,25-34)26-42-43(35,36)41-24-23-40-22-21-39-20-19-38-18-17-37-16-15-32-33-31/h9-12,34H,2-8,13-26,30H2,1H3,(H,35,36). The number of azide groups is 1. The summed E-state index contributed by atoms with van der Waals surface area (Å²) in [5.41, 5.74) is 15.6. The minimum atomic E-state index is -4.36. The van der Waals surface area contributed by atoms with E-state index in [1.807, 2.05) is 0 Å². The van der Waals surface area contributed by atoms with Crippen LogP contribution in [0, 0.1) is 0 Å². The Labute approximate surface area is 256 Å². The molecule has 2 unspecified atom stereocenters. The van der Waals surface area contributed by atoms with Gasteiger partial charge in [-0.15, -0.1) is 0 Å². The van der Waals surface area contributed by atoms with Crippen LogP contribution in [0.25, 0.3) is 10.4 Å². The predicted molar refractivity (Wildman–Crippen MR) is 165 cm³/mol. The molecule has 0 aliphatic carbocycles. The average Bonchev–Trinajstić information content (AvgIpc) is 3.01. The van der Waals surface area contributed by atoms with Crippen molar-refractivity contribution in [2.45, 2.75) is 70.3 Å². The number of unbranched alkanes of at least 4 members (excludes halogenated alkanes) is 5. The maximum absolute atomic E-state index is 12.2. The van der Waals surface area contributed by atoms with Gasteiger partial charge in [-0.25, -0.2) is 4.57 Å². The van der Waals surface area contributed by atoms with Crippen LogP contribution in [0.3, 0.4) is 0 Å². The van der Waals surface area contributed by atoms with Crippen LogP contribution in [0.4, 0.5) is 0 Å². The molecule has 4 N–H and O–H groups in total. The largest absolute Gasteiger partial charge is 0.472 e. The van der Waals surface area contributed by atoms with Gasteiger partial charge in [-0.3, -0.25) is 9.05 Å². The molecule has 0 aromatic heterocycles. The van der Waals surface area contributed by atoms with Gasteiger partial charge in [-0.1, -0.05) is 68.4 Å². The molecular weight excluding hydrogens is 579 g/mol. The molecule has 2 atom stereocenters. The van der Waals surface area contributed by atoms with Crippen LogP contribution in [0.2, 0.25) is 0 Å². The van der Waals surface area contributed by atoms with Crippen LogP contribution in [0.1, 0.15) is 63.0 Å². The molecular formula is C29H53N4O9P. The fraction of sp³-hybridized carbons (Fsp3) is 0.793. The lowest BCUT2D eigenvalue weighted by molar-refractivity contribution is -0.00570. The second kappa shape index (κ2) is 25.7. The number of phosphoric acid groups is 1. The first-order chi connectivity index (χ1) is 20.8. The molecule has 14 heteroatoms. The monoisotopic (exact) mass is 632 g/mol. The Hall–Kier alpha value is -1.60. The summed E-state index contributed by atoms with van der Waals surface area (Å²) in [4.78, 5) is 12.6. The van der Waals surface area contributed by atoms with E-state index in [0.29, 0.717) is 59.0 Å². The number of hydrogen-bond acceptors (Lipinski definition) is 10. The van der Waals surface area contributed by atoms with Crippen molar-refractivity contribution in [3.05, 3.63) is 45.8 Å². The third kappa shape index (κ3) is 22.5. The topological polar surface area (TPSA) is 188 Å². The first-order valence-corrected chi connectivity index (χ1v) is 16.7. The molecule has 0 fully saturated rings. The van der Waals surface area contributed by atoms with E-state index in [-0.39, 0.29) is 26.4 Å². The average molecular weight is 633 g/mol. The van der Waals surface area contributed by atoms with Gasteiger partial charge in [0, 0.05) is 11.5 Å². The molecule has 13 nitrogen and oxygen atoms in total. The van der Waals surface area contributed by atoms with E-state index >= 15 is 0 Å². The molecule has 0 saturated heterocycles. The van der Waals surface area contributed by atoms with Crippen molar-refractivity contribution < 1.29 is 42.6 Å². The highest BCUT2D eigenvalue weighted by Crippen LogP contribution is 2.43. The number of phosphoric ester groups is 1. The summed E-state index contributed by atoms with van der Waals surface area (Å²) >= 11 is 0. The first-order valence-electron chi connectivity index (χ1n) is 15.3. The van der Waals surface area contributed by atoms with Crippen LogP contribution in [-0.4, -0.2) is 94.8 Å². The van der Waals surface area contributed by atoms with Crippen LogP contribution in [0.5, 0.6) is 0 Å². The number of hydrogen-bond donors (Lipinski definition) is 3. The van der Waals surface area contributed by atoms with Crippen molar-refractivity contribution >= 4 is 7.82 Å². The Kier molecular flexibility index (Phi) is 23.6. The SMILES string of the molecule is CCCCCCCCc1ccc(CCC(N)(CO)COP(=O)(O)OCCOCCOCCOCCOCCN=[N+]=[N-])cc1. The van der Waals surface area contributed by atoms with Gasteiger partial charge in [0.2, 0.25) is 0 Å². The maximum atomic E-state index is 12.2. The summed E-state index contributed by atoms with van der Waals surface area (Å²) in [7, 11) is -4.36. The number of nitrogens with zero attached hydrogens (tertiary/aromatic N) is 3. The number of benzene rings is 1. The molecule has 0 aliphatic rings. The molecule has 0 radical (unpaired) electrons.